The smallest absolute Gasteiger partial charge is 0.259 e. The molecule has 3 fully saturated rings. The number of carbonyl (C=O) groups excluding carboxylic acids is 3. The summed E-state index contributed by atoms with van der Waals surface area (Å²) in [6.45, 7) is 1.75. The average Bonchev–Trinajstić information content (AvgIpc) is 3.89. The first-order valence-electron chi connectivity index (χ1n) is 17.6. The number of nitrogens with one attached hydrogen (secondary N) is 3. The number of benzene rings is 2. The second-order valence-electron chi connectivity index (χ2n) is 14.3. The van der Waals surface area contributed by atoms with Crippen LogP contribution in [0.4, 0.5) is 5.69 Å². The molecule has 1 aromatic heterocycles. The lowest BCUT2D eigenvalue weighted by atomic mass is 10.0. The molecule has 4 aliphatic rings. The van der Waals surface area contributed by atoms with E-state index in [4.69, 9.17) is 4.74 Å². The van der Waals surface area contributed by atoms with Crippen LogP contribution < -0.4 is 20.1 Å². The molecule has 14 nitrogen and oxygen atoms in total. The second-order valence-corrected chi connectivity index (χ2v) is 16.5. The molecule has 3 aromatic rings. The van der Waals surface area contributed by atoms with E-state index < -0.39 is 50.2 Å². The molecule has 5 atom stereocenters. The van der Waals surface area contributed by atoms with Gasteiger partial charge in [-0.25, -0.2) is 8.42 Å². The molecule has 3 heterocycles. The first-order chi connectivity index (χ1) is 24.5. The molecule has 2 aliphatic heterocycles. The van der Waals surface area contributed by atoms with E-state index in [0.29, 0.717) is 30.8 Å². The number of sulfonamides is 1. The largest absolute Gasteiger partial charge is 0.497 e. The minimum atomic E-state index is -3.94. The van der Waals surface area contributed by atoms with Gasteiger partial charge in [-0.2, -0.15) is 4.80 Å². The minimum absolute atomic E-state index is 0.136. The van der Waals surface area contributed by atoms with Crippen molar-refractivity contribution in [3.63, 3.8) is 0 Å². The Morgan fingerprint density at radius 2 is 1.80 bits per heavy atom. The van der Waals surface area contributed by atoms with Crippen LogP contribution >= 0.6 is 0 Å². The summed E-state index contributed by atoms with van der Waals surface area (Å²) in [6.07, 6.45) is 9.15. The van der Waals surface area contributed by atoms with Crippen LogP contribution in [-0.4, -0.2) is 87.3 Å². The van der Waals surface area contributed by atoms with E-state index >= 15 is 0 Å². The fourth-order valence-corrected chi connectivity index (χ4v) is 8.33. The van der Waals surface area contributed by atoms with Crippen molar-refractivity contribution in [2.75, 3.05) is 19.0 Å². The number of aromatic nitrogens is 4. The Bertz CT molecular complexity index is 1910. The van der Waals surface area contributed by atoms with Crippen LogP contribution in [0.15, 0.2) is 66.7 Å². The number of ether oxygens (including phenoxy) is 1. The molecular weight excluding hydrogens is 673 g/mol. The number of carbonyl (C=O) groups is 3. The maximum atomic E-state index is 14.5. The normalized spacial score (nSPS) is 28.2. The molecule has 2 aromatic carbocycles. The number of amides is 3. The monoisotopic (exact) mass is 716 g/mol. The third kappa shape index (κ3) is 7.08. The first kappa shape index (κ1) is 34.6. The highest BCUT2D eigenvalue weighted by Gasteiger charge is 2.63. The summed E-state index contributed by atoms with van der Waals surface area (Å²) in [6, 6.07) is 14.7. The number of allylic oxidation sites excluding steroid dienone is 1. The molecule has 270 valence electrons. The summed E-state index contributed by atoms with van der Waals surface area (Å²) in [7, 11) is -2.36. The maximum absolute atomic E-state index is 14.5. The Balaban J connectivity index is 1.19. The van der Waals surface area contributed by atoms with Crippen molar-refractivity contribution in [1.82, 2.24) is 35.1 Å². The molecule has 0 radical (unpaired) electrons. The van der Waals surface area contributed by atoms with E-state index in [2.05, 4.69) is 30.8 Å². The van der Waals surface area contributed by atoms with Crippen LogP contribution in [0, 0.1) is 5.92 Å². The molecule has 0 bridgehead atoms. The van der Waals surface area contributed by atoms with E-state index in [9.17, 15) is 22.8 Å². The van der Waals surface area contributed by atoms with E-state index in [1.165, 1.54) is 4.80 Å². The van der Waals surface area contributed by atoms with Crippen molar-refractivity contribution in [2.24, 2.45) is 5.92 Å². The highest BCUT2D eigenvalue weighted by molar-refractivity contribution is 7.91. The number of hydrogen-bond donors (Lipinski definition) is 3. The van der Waals surface area contributed by atoms with E-state index in [-0.39, 0.29) is 31.2 Å². The number of rotatable bonds is 8. The summed E-state index contributed by atoms with van der Waals surface area (Å²) in [5.74, 6) is -0.840. The van der Waals surface area contributed by atoms with Crippen molar-refractivity contribution in [3.8, 4) is 17.1 Å². The van der Waals surface area contributed by atoms with Crippen LogP contribution in [0.3, 0.4) is 0 Å². The van der Waals surface area contributed by atoms with Gasteiger partial charge in [-0.15, -0.1) is 10.2 Å². The lowest BCUT2D eigenvalue weighted by molar-refractivity contribution is -0.140. The fourth-order valence-electron chi connectivity index (χ4n) is 7.02. The van der Waals surface area contributed by atoms with Gasteiger partial charge in [0, 0.05) is 30.1 Å². The summed E-state index contributed by atoms with van der Waals surface area (Å²) in [4.78, 5) is 45.7. The molecule has 2 saturated carbocycles. The van der Waals surface area contributed by atoms with Gasteiger partial charge < -0.3 is 20.3 Å². The summed E-state index contributed by atoms with van der Waals surface area (Å²) in [5.41, 5.74) is 0.0670. The molecule has 15 heteroatoms. The van der Waals surface area contributed by atoms with Gasteiger partial charge in [0.2, 0.25) is 27.7 Å². The predicted octanol–water partition coefficient (Wildman–Crippen LogP) is 3.37. The zero-order valence-electron chi connectivity index (χ0n) is 28.8. The Labute approximate surface area is 297 Å². The van der Waals surface area contributed by atoms with Crippen molar-refractivity contribution < 1.29 is 27.5 Å². The SMILES string of the molecule is COc1ccc(-c2nnn([C@@H]3C[C@H]4C(=O)N[C@]5(C(=O)NS(=O)(=O)C6(C)CC6)C[C@H]5/C=C\CCCCC[C@H](Nc5ccccc5)C(=O)N4C3)n2)cc1. The maximum Gasteiger partial charge on any atom is 0.259 e. The number of tetrazole rings is 1. The quantitative estimate of drug-likeness (QED) is 0.293. The number of hydrogen-bond acceptors (Lipinski definition) is 10. The van der Waals surface area contributed by atoms with E-state index in [1.807, 2.05) is 54.6 Å². The summed E-state index contributed by atoms with van der Waals surface area (Å²) < 4.78 is 32.8. The summed E-state index contributed by atoms with van der Waals surface area (Å²) >= 11 is 0. The number of fused-ring (bicyclic) bond motifs is 2. The van der Waals surface area contributed by atoms with Gasteiger partial charge in [0.1, 0.15) is 23.4 Å². The predicted molar refractivity (Wildman–Crippen MR) is 189 cm³/mol. The number of nitrogens with zero attached hydrogens (tertiary/aromatic N) is 5. The van der Waals surface area contributed by atoms with Crippen molar-refractivity contribution in [3.05, 3.63) is 66.7 Å². The van der Waals surface area contributed by atoms with Crippen LogP contribution in [-0.2, 0) is 24.4 Å². The van der Waals surface area contributed by atoms with Crippen LogP contribution in [0.25, 0.3) is 11.4 Å². The molecule has 51 heavy (non-hydrogen) atoms. The molecule has 0 spiro atoms. The third-order valence-electron chi connectivity index (χ3n) is 10.7. The highest BCUT2D eigenvalue weighted by atomic mass is 32.2. The van der Waals surface area contributed by atoms with Gasteiger partial charge in [0.15, 0.2) is 0 Å². The van der Waals surface area contributed by atoms with Crippen LogP contribution in [0.2, 0.25) is 0 Å². The Morgan fingerprint density at radius 1 is 1.04 bits per heavy atom. The average molecular weight is 717 g/mol. The van der Waals surface area contributed by atoms with Gasteiger partial charge in [-0.05, 0) is 87.1 Å². The molecule has 0 unspecified atom stereocenters. The lowest BCUT2D eigenvalue weighted by Gasteiger charge is -2.30. The van der Waals surface area contributed by atoms with Crippen molar-refractivity contribution in [1.29, 1.82) is 0 Å². The van der Waals surface area contributed by atoms with Crippen LogP contribution in [0.1, 0.15) is 70.8 Å². The highest BCUT2D eigenvalue weighted by Crippen LogP contribution is 2.47. The van der Waals surface area contributed by atoms with Gasteiger partial charge >= 0.3 is 0 Å². The van der Waals surface area contributed by atoms with Crippen molar-refractivity contribution in [2.45, 2.75) is 93.1 Å². The zero-order valence-corrected chi connectivity index (χ0v) is 29.6. The van der Waals surface area contributed by atoms with Crippen LogP contribution in [0.5, 0.6) is 5.75 Å². The number of methoxy groups -OCH3 is 1. The standard InChI is InChI=1S/C36H44N8O6S/c1-35(19-20-35)51(48,49)41-34(47)36-22-25(36)11-7-4-3-5-10-14-29(37-26-12-8-6-9-13-26)33(46)43-23-27(21-30(43)32(45)38-36)44-40-31(39-42-44)24-15-17-28(50-2)18-16-24/h6-9,11-13,15-18,25,27,29-30,37H,3-5,10,14,19-23H2,1-2H3,(H,38,45)(H,41,47)/b11-7-/t25-,27-,29+,30+,36-/m1/s1. The number of para-hydroxylation sites is 1. The molecule has 3 N–H and O–H groups in total. The minimum Gasteiger partial charge on any atom is -0.497 e. The fraction of sp³-hybridized carbons (Fsp3) is 0.500. The Hall–Kier alpha value is -4.79. The summed E-state index contributed by atoms with van der Waals surface area (Å²) in [5, 5.41) is 19.5. The second kappa shape index (κ2) is 13.7. The molecule has 3 amide bonds. The lowest BCUT2D eigenvalue weighted by Crippen LogP contribution is -2.58. The topological polar surface area (TPSA) is 178 Å². The Morgan fingerprint density at radius 3 is 2.53 bits per heavy atom. The zero-order chi connectivity index (χ0) is 35.8. The van der Waals surface area contributed by atoms with E-state index in [0.717, 1.165) is 36.9 Å². The molecule has 7 rings (SSSR count). The van der Waals surface area contributed by atoms with Gasteiger partial charge in [0.05, 0.1) is 17.9 Å². The Kier molecular flexibility index (Phi) is 9.33. The molecular formula is C36H44N8O6S. The van der Waals surface area contributed by atoms with Crippen molar-refractivity contribution >= 4 is 33.4 Å². The number of anilines is 1. The van der Waals surface area contributed by atoms with Gasteiger partial charge in [-0.1, -0.05) is 43.2 Å². The molecule has 2 aliphatic carbocycles. The van der Waals surface area contributed by atoms with E-state index in [1.54, 1.807) is 31.1 Å². The van der Waals surface area contributed by atoms with Gasteiger partial charge in [0.25, 0.3) is 5.91 Å². The van der Waals surface area contributed by atoms with Gasteiger partial charge in [-0.3, -0.25) is 19.1 Å². The third-order valence-corrected chi connectivity index (χ3v) is 12.9. The first-order valence-corrected chi connectivity index (χ1v) is 19.1. The molecule has 1 saturated heterocycles.